The van der Waals surface area contributed by atoms with Crippen LogP contribution in [0.5, 0.6) is 0 Å². The third-order valence-corrected chi connectivity index (χ3v) is 3.63. The van der Waals surface area contributed by atoms with Crippen LogP contribution >= 0.6 is 11.8 Å². The van der Waals surface area contributed by atoms with Gasteiger partial charge in [0.25, 0.3) is 0 Å². The summed E-state index contributed by atoms with van der Waals surface area (Å²) >= 11 is 1.76. The summed E-state index contributed by atoms with van der Waals surface area (Å²) in [6.07, 6.45) is 1.13. The quantitative estimate of drug-likeness (QED) is 0.374. The fourth-order valence-corrected chi connectivity index (χ4v) is 2.17. The smallest absolute Gasteiger partial charge is 0.147 e. The minimum absolute atomic E-state index is 0.0686. The van der Waals surface area contributed by atoms with E-state index in [0.29, 0.717) is 0 Å². The molecule has 1 rings (SSSR count). The number of nitrogens with zero attached hydrogens (tertiary/aromatic N) is 2. The van der Waals surface area contributed by atoms with Gasteiger partial charge in [-0.05, 0) is 19.1 Å². The Hall–Kier alpha value is -0.810. The lowest BCUT2D eigenvalue weighted by Crippen LogP contribution is -2.20. The molecule has 0 aliphatic carbocycles. The van der Waals surface area contributed by atoms with Gasteiger partial charge in [0, 0.05) is 11.0 Å². The maximum atomic E-state index is 5.51. The summed E-state index contributed by atoms with van der Waals surface area (Å²) < 4.78 is 0. The molecule has 5 heteroatoms. The zero-order valence-electron chi connectivity index (χ0n) is 11.3. The molecule has 1 heterocycles. The molecule has 0 fully saturated rings. The number of hydrazine groups is 1. The van der Waals surface area contributed by atoms with Crippen molar-refractivity contribution in [2.45, 2.75) is 51.5 Å². The van der Waals surface area contributed by atoms with E-state index >= 15 is 0 Å². The minimum Gasteiger partial charge on any atom is -0.308 e. The monoisotopic (exact) mass is 254 g/mol. The van der Waals surface area contributed by atoms with Gasteiger partial charge in [-0.1, -0.05) is 27.7 Å². The molecule has 96 valence electrons. The summed E-state index contributed by atoms with van der Waals surface area (Å²) in [5, 5.41) is 1.03. The van der Waals surface area contributed by atoms with Crippen molar-refractivity contribution in [3.05, 3.63) is 11.4 Å². The summed E-state index contributed by atoms with van der Waals surface area (Å²) in [7, 11) is 0. The Kier molecular flexibility index (Phi) is 4.77. The van der Waals surface area contributed by atoms with Gasteiger partial charge in [0.2, 0.25) is 0 Å². The molecule has 1 aromatic rings. The normalized spacial score (nSPS) is 11.6. The van der Waals surface area contributed by atoms with Gasteiger partial charge in [-0.25, -0.2) is 15.8 Å². The van der Waals surface area contributed by atoms with Crippen LogP contribution in [0.15, 0.2) is 5.03 Å². The third-order valence-electron chi connectivity index (χ3n) is 2.35. The van der Waals surface area contributed by atoms with Gasteiger partial charge in [0.15, 0.2) is 0 Å². The van der Waals surface area contributed by atoms with Crippen molar-refractivity contribution >= 4 is 17.6 Å². The lowest BCUT2D eigenvalue weighted by molar-refractivity contribution is 0.538. The molecule has 3 N–H and O–H groups in total. The van der Waals surface area contributed by atoms with Crippen molar-refractivity contribution in [3.8, 4) is 0 Å². The first-order chi connectivity index (χ1) is 7.90. The van der Waals surface area contributed by atoms with Gasteiger partial charge in [-0.3, -0.25) is 0 Å². The number of hydrogen-bond acceptors (Lipinski definition) is 5. The number of nitrogens with one attached hydrogen (secondary N) is 1. The van der Waals surface area contributed by atoms with Crippen molar-refractivity contribution in [2.75, 3.05) is 11.2 Å². The van der Waals surface area contributed by atoms with E-state index in [1.807, 2.05) is 6.92 Å². The van der Waals surface area contributed by atoms with Crippen LogP contribution in [0.3, 0.4) is 0 Å². The van der Waals surface area contributed by atoms with Crippen LogP contribution in [-0.2, 0) is 5.41 Å². The largest absolute Gasteiger partial charge is 0.308 e. The third kappa shape index (κ3) is 3.57. The van der Waals surface area contributed by atoms with E-state index in [1.54, 1.807) is 11.8 Å². The Morgan fingerprint density at radius 3 is 2.41 bits per heavy atom. The number of nitrogen functional groups attached to an aromatic ring is 1. The summed E-state index contributed by atoms with van der Waals surface area (Å²) in [5.41, 5.74) is 3.62. The van der Waals surface area contributed by atoms with E-state index in [0.717, 1.165) is 34.4 Å². The highest BCUT2D eigenvalue weighted by molar-refractivity contribution is 7.99. The van der Waals surface area contributed by atoms with Gasteiger partial charge in [-0.2, -0.15) is 0 Å². The van der Waals surface area contributed by atoms with Crippen LogP contribution in [0, 0.1) is 6.92 Å². The van der Waals surface area contributed by atoms with E-state index in [1.165, 1.54) is 0 Å². The predicted octanol–water partition coefficient (Wildman–Crippen LogP) is 2.87. The molecule has 0 spiro atoms. The highest BCUT2D eigenvalue weighted by Crippen LogP contribution is 2.28. The van der Waals surface area contributed by atoms with Crippen LogP contribution in [0.4, 0.5) is 5.82 Å². The molecular formula is C12H22N4S. The van der Waals surface area contributed by atoms with Crippen molar-refractivity contribution in [2.24, 2.45) is 5.84 Å². The van der Waals surface area contributed by atoms with E-state index in [4.69, 9.17) is 5.84 Å². The Balaban J connectivity index is 3.19. The number of nitrogens with two attached hydrogens (primary N) is 1. The maximum absolute atomic E-state index is 5.51. The molecule has 0 atom stereocenters. The number of aromatic nitrogens is 2. The van der Waals surface area contributed by atoms with Gasteiger partial charge in [0.05, 0.1) is 0 Å². The first-order valence-corrected chi connectivity index (χ1v) is 6.87. The average Bonchev–Trinajstić information content (AvgIpc) is 2.26. The highest BCUT2D eigenvalue weighted by Gasteiger charge is 2.20. The molecule has 17 heavy (non-hydrogen) atoms. The van der Waals surface area contributed by atoms with Crippen molar-refractivity contribution in [3.63, 3.8) is 0 Å². The SMILES string of the molecule is CCCSc1nc(C(C)(C)C)nc(NN)c1C. The lowest BCUT2D eigenvalue weighted by Gasteiger charge is -2.19. The first kappa shape index (κ1) is 14.3. The number of rotatable bonds is 4. The summed E-state index contributed by atoms with van der Waals surface area (Å²) in [4.78, 5) is 9.12. The maximum Gasteiger partial charge on any atom is 0.147 e. The predicted molar refractivity (Wildman–Crippen MR) is 74.3 cm³/mol. The topological polar surface area (TPSA) is 63.8 Å². The Bertz CT molecular complexity index is 385. The van der Waals surface area contributed by atoms with Crippen LogP contribution in [-0.4, -0.2) is 15.7 Å². The molecule has 0 aliphatic heterocycles. The van der Waals surface area contributed by atoms with Gasteiger partial charge >= 0.3 is 0 Å². The fraction of sp³-hybridized carbons (Fsp3) is 0.667. The van der Waals surface area contributed by atoms with E-state index in [-0.39, 0.29) is 5.41 Å². The molecule has 0 amide bonds. The molecule has 0 bridgehead atoms. The molecule has 0 aliphatic rings. The molecule has 0 radical (unpaired) electrons. The molecule has 0 saturated heterocycles. The van der Waals surface area contributed by atoms with Crippen LogP contribution in [0.25, 0.3) is 0 Å². The van der Waals surface area contributed by atoms with Crippen LogP contribution in [0.2, 0.25) is 0 Å². The number of thioether (sulfide) groups is 1. The second kappa shape index (κ2) is 5.69. The van der Waals surface area contributed by atoms with Crippen molar-refractivity contribution < 1.29 is 0 Å². The van der Waals surface area contributed by atoms with Crippen LogP contribution in [0.1, 0.15) is 45.5 Å². The molecule has 4 nitrogen and oxygen atoms in total. The van der Waals surface area contributed by atoms with E-state index in [2.05, 4.69) is 43.1 Å². The summed E-state index contributed by atoms with van der Waals surface area (Å²) in [6.45, 7) is 10.5. The van der Waals surface area contributed by atoms with Gasteiger partial charge in [0.1, 0.15) is 16.7 Å². The van der Waals surface area contributed by atoms with E-state index in [9.17, 15) is 0 Å². The second-order valence-corrected chi connectivity index (χ2v) is 6.15. The number of anilines is 1. The zero-order valence-corrected chi connectivity index (χ0v) is 12.1. The Morgan fingerprint density at radius 2 is 1.94 bits per heavy atom. The average molecular weight is 254 g/mol. The molecule has 0 saturated carbocycles. The molecular weight excluding hydrogens is 232 g/mol. The molecule has 0 aromatic carbocycles. The van der Waals surface area contributed by atoms with Gasteiger partial charge < -0.3 is 5.43 Å². The first-order valence-electron chi connectivity index (χ1n) is 5.88. The number of hydrogen-bond donors (Lipinski definition) is 2. The van der Waals surface area contributed by atoms with Crippen LogP contribution < -0.4 is 11.3 Å². The zero-order chi connectivity index (χ0) is 13.1. The second-order valence-electron chi connectivity index (χ2n) is 5.07. The van der Waals surface area contributed by atoms with Gasteiger partial charge in [-0.15, -0.1) is 11.8 Å². The Labute approximate surface area is 108 Å². The van der Waals surface area contributed by atoms with Crippen molar-refractivity contribution in [1.29, 1.82) is 0 Å². The summed E-state index contributed by atoms with van der Waals surface area (Å²) in [6, 6.07) is 0. The lowest BCUT2D eigenvalue weighted by atomic mass is 9.95. The molecule has 0 unspecified atom stereocenters. The van der Waals surface area contributed by atoms with E-state index < -0.39 is 0 Å². The summed E-state index contributed by atoms with van der Waals surface area (Å²) in [5.74, 6) is 8.13. The fourth-order valence-electron chi connectivity index (χ4n) is 1.31. The standard InChI is InChI=1S/C12H22N4S/c1-6-7-17-10-8(2)9(16-13)14-11(15-10)12(3,4)5/h6-7,13H2,1-5H3,(H,14,15,16). The highest BCUT2D eigenvalue weighted by atomic mass is 32.2. The van der Waals surface area contributed by atoms with Crippen molar-refractivity contribution in [1.82, 2.24) is 9.97 Å². The molecule has 1 aromatic heterocycles. The Morgan fingerprint density at radius 1 is 1.29 bits per heavy atom. The minimum atomic E-state index is -0.0686.